The first-order valence-corrected chi connectivity index (χ1v) is 9.11. The monoisotopic (exact) mass is 311 g/mol. The Morgan fingerprint density at radius 2 is 2.35 bits per heavy atom. The van der Waals surface area contributed by atoms with Crippen LogP contribution in [0.1, 0.15) is 37.5 Å². The number of nitrogens with one attached hydrogen (secondary N) is 2. The molecule has 1 fully saturated rings. The molecule has 1 saturated heterocycles. The van der Waals surface area contributed by atoms with Crippen LogP contribution in [0.25, 0.3) is 0 Å². The summed E-state index contributed by atoms with van der Waals surface area (Å²) in [7, 11) is 1.84. The number of aliphatic imine (C=N–C) groups is 1. The Bertz CT molecular complexity index is 422. The topological polar surface area (TPSA) is 36.4 Å². The largest absolute Gasteiger partial charge is 0.356 e. The first-order chi connectivity index (χ1) is 9.63. The Kier molecular flexibility index (Phi) is 5.78. The highest BCUT2D eigenvalue weighted by atomic mass is 32.2. The van der Waals surface area contributed by atoms with E-state index in [2.05, 4.69) is 58.7 Å². The van der Waals surface area contributed by atoms with Gasteiger partial charge >= 0.3 is 0 Å². The maximum Gasteiger partial charge on any atom is 0.191 e. The second-order valence-electron chi connectivity index (χ2n) is 5.63. The summed E-state index contributed by atoms with van der Waals surface area (Å²) in [6.45, 7) is 6.51. The zero-order chi connectivity index (χ0) is 14.4. The lowest BCUT2D eigenvalue weighted by molar-refractivity contribution is 0.582. The van der Waals surface area contributed by atoms with E-state index in [0.717, 1.165) is 19.0 Å². The third-order valence-electron chi connectivity index (χ3n) is 3.76. The fraction of sp³-hybridized carbons (Fsp3) is 0.667. The Labute approximate surface area is 130 Å². The minimum absolute atomic E-state index is 0.372. The lowest BCUT2D eigenvalue weighted by atomic mass is 10.1. The molecule has 0 radical (unpaired) electrons. The number of thiophene rings is 1. The van der Waals surface area contributed by atoms with Gasteiger partial charge in [-0.15, -0.1) is 11.3 Å². The Morgan fingerprint density at radius 3 is 2.95 bits per heavy atom. The van der Waals surface area contributed by atoms with Crippen LogP contribution in [-0.4, -0.2) is 36.6 Å². The van der Waals surface area contributed by atoms with Gasteiger partial charge in [-0.05, 0) is 37.0 Å². The smallest absolute Gasteiger partial charge is 0.191 e. The van der Waals surface area contributed by atoms with Crippen LogP contribution in [-0.2, 0) is 0 Å². The van der Waals surface area contributed by atoms with E-state index in [1.165, 1.54) is 23.5 Å². The molecule has 0 spiro atoms. The van der Waals surface area contributed by atoms with Crippen LogP contribution in [0.3, 0.4) is 0 Å². The van der Waals surface area contributed by atoms with Crippen molar-refractivity contribution in [2.75, 3.05) is 25.9 Å². The van der Waals surface area contributed by atoms with Gasteiger partial charge in [0.1, 0.15) is 0 Å². The van der Waals surface area contributed by atoms with E-state index >= 15 is 0 Å². The summed E-state index contributed by atoms with van der Waals surface area (Å²) in [5.74, 6) is 2.73. The van der Waals surface area contributed by atoms with Gasteiger partial charge in [0.2, 0.25) is 0 Å². The molecule has 5 heteroatoms. The quantitative estimate of drug-likeness (QED) is 0.647. The molecule has 1 aliphatic rings. The summed E-state index contributed by atoms with van der Waals surface area (Å²) >= 11 is 3.90. The molecule has 0 aromatic carbocycles. The van der Waals surface area contributed by atoms with E-state index in [-0.39, 0.29) is 0 Å². The highest BCUT2D eigenvalue weighted by Gasteiger charge is 2.29. The van der Waals surface area contributed by atoms with Crippen molar-refractivity contribution in [1.82, 2.24) is 10.6 Å². The Balaban J connectivity index is 1.75. The van der Waals surface area contributed by atoms with Gasteiger partial charge in [-0.3, -0.25) is 4.99 Å². The molecule has 0 amide bonds. The second-order valence-corrected chi connectivity index (χ2v) is 8.29. The van der Waals surface area contributed by atoms with Gasteiger partial charge in [0.25, 0.3) is 0 Å². The van der Waals surface area contributed by atoms with Crippen molar-refractivity contribution in [3.63, 3.8) is 0 Å². The summed E-state index contributed by atoms with van der Waals surface area (Å²) < 4.78 is 0.372. The van der Waals surface area contributed by atoms with Crippen molar-refractivity contribution in [3.05, 3.63) is 22.4 Å². The summed E-state index contributed by atoms with van der Waals surface area (Å²) in [6, 6.07) is 4.31. The molecule has 20 heavy (non-hydrogen) atoms. The van der Waals surface area contributed by atoms with E-state index in [1.54, 1.807) is 0 Å². The molecule has 1 aromatic rings. The summed E-state index contributed by atoms with van der Waals surface area (Å²) in [5.41, 5.74) is 0. The standard InChI is InChI=1S/C15H25N3S2/c1-12(13-6-4-8-19-13)10-17-14(16-3)18-11-15(2)7-5-9-20-15/h4,6,8,12H,5,7,9-11H2,1-3H3,(H2,16,17,18). The first-order valence-electron chi connectivity index (χ1n) is 7.25. The molecule has 2 N–H and O–H groups in total. The number of hydrogen-bond donors (Lipinski definition) is 2. The maximum atomic E-state index is 4.32. The Hall–Kier alpha value is -0.680. The normalized spacial score (nSPS) is 24.6. The molecule has 2 rings (SSSR count). The minimum atomic E-state index is 0.372. The molecule has 112 valence electrons. The average molecular weight is 312 g/mol. The highest BCUT2D eigenvalue weighted by Crippen LogP contribution is 2.36. The third-order valence-corrected chi connectivity index (χ3v) is 6.40. The van der Waals surface area contributed by atoms with Crippen LogP contribution in [0.15, 0.2) is 22.5 Å². The maximum absolute atomic E-state index is 4.32. The lowest BCUT2D eigenvalue weighted by Crippen LogP contribution is -2.44. The predicted octanol–water partition coefficient (Wildman–Crippen LogP) is 3.30. The van der Waals surface area contributed by atoms with Crippen LogP contribution in [0.2, 0.25) is 0 Å². The van der Waals surface area contributed by atoms with Gasteiger partial charge in [-0.1, -0.05) is 13.0 Å². The highest BCUT2D eigenvalue weighted by molar-refractivity contribution is 8.00. The van der Waals surface area contributed by atoms with E-state index in [0.29, 0.717) is 10.7 Å². The van der Waals surface area contributed by atoms with E-state index in [1.807, 2.05) is 18.4 Å². The van der Waals surface area contributed by atoms with Crippen molar-refractivity contribution in [2.24, 2.45) is 4.99 Å². The van der Waals surface area contributed by atoms with Crippen molar-refractivity contribution < 1.29 is 0 Å². The van der Waals surface area contributed by atoms with Crippen LogP contribution >= 0.6 is 23.1 Å². The molecular formula is C15H25N3S2. The second kappa shape index (κ2) is 7.36. The van der Waals surface area contributed by atoms with E-state index < -0.39 is 0 Å². The SMILES string of the molecule is CN=C(NCC(C)c1cccs1)NCC1(C)CCCS1. The number of guanidine groups is 1. The molecule has 0 aliphatic carbocycles. The molecule has 1 aliphatic heterocycles. The molecule has 3 nitrogen and oxygen atoms in total. The molecule has 1 aromatic heterocycles. The number of nitrogens with zero attached hydrogens (tertiary/aromatic N) is 1. The van der Waals surface area contributed by atoms with E-state index in [4.69, 9.17) is 0 Å². The van der Waals surface area contributed by atoms with Gasteiger partial charge in [-0.2, -0.15) is 11.8 Å². The molecule has 0 bridgehead atoms. The van der Waals surface area contributed by atoms with Crippen molar-refractivity contribution in [2.45, 2.75) is 37.4 Å². The van der Waals surface area contributed by atoms with Gasteiger partial charge in [0.15, 0.2) is 5.96 Å². The summed E-state index contributed by atoms with van der Waals surface area (Å²) in [5, 5.41) is 9.04. The van der Waals surface area contributed by atoms with Gasteiger partial charge in [-0.25, -0.2) is 0 Å². The zero-order valence-electron chi connectivity index (χ0n) is 12.6. The number of hydrogen-bond acceptors (Lipinski definition) is 3. The first kappa shape index (κ1) is 15.7. The van der Waals surface area contributed by atoms with E-state index in [9.17, 15) is 0 Å². The Morgan fingerprint density at radius 1 is 1.50 bits per heavy atom. The molecule has 2 heterocycles. The van der Waals surface area contributed by atoms with Crippen LogP contribution in [0.4, 0.5) is 0 Å². The minimum Gasteiger partial charge on any atom is -0.356 e. The summed E-state index contributed by atoms with van der Waals surface area (Å²) in [4.78, 5) is 5.74. The summed E-state index contributed by atoms with van der Waals surface area (Å²) in [6.07, 6.45) is 2.64. The third kappa shape index (κ3) is 4.42. The average Bonchev–Trinajstić information content (AvgIpc) is 3.10. The fourth-order valence-corrected chi connectivity index (χ4v) is 4.42. The van der Waals surface area contributed by atoms with Crippen molar-refractivity contribution >= 4 is 29.1 Å². The predicted molar refractivity (Wildman–Crippen MR) is 92.2 cm³/mol. The van der Waals surface area contributed by atoms with Crippen molar-refractivity contribution in [1.29, 1.82) is 0 Å². The van der Waals surface area contributed by atoms with Crippen LogP contribution in [0, 0.1) is 0 Å². The fourth-order valence-electron chi connectivity index (χ4n) is 2.39. The van der Waals surface area contributed by atoms with Crippen molar-refractivity contribution in [3.8, 4) is 0 Å². The molecular weight excluding hydrogens is 286 g/mol. The van der Waals surface area contributed by atoms with Crippen LogP contribution < -0.4 is 10.6 Å². The van der Waals surface area contributed by atoms with Gasteiger partial charge < -0.3 is 10.6 Å². The van der Waals surface area contributed by atoms with Crippen LogP contribution in [0.5, 0.6) is 0 Å². The number of thioether (sulfide) groups is 1. The lowest BCUT2D eigenvalue weighted by Gasteiger charge is -2.24. The molecule has 2 atom stereocenters. The zero-order valence-corrected chi connectivity index (χ0v) is 14.2. The number of rotatable bonds is 5. The van der Waals surface area contributed by atoms with Gasteiger partial charge in [0, 0.05) is 35.7 Å². The van der Waals surface area contributed by atoms with Gasteiger partial charge in [0.05, 0.1) is 0 Å². The molecule has 2 unspecified atom stereocenters. The molecule has 0 saturated carbocycles.